The number of carbonyl (C=O) groups is 4. The SMILES string of the molecule is COc1cc(O)c([C@H]2C3=CC[C@@H]4C(=O)N(Cc5ccccc5)C(=O)[C@@H]4[C@@H]3CC3=C2C(=O)C(C)=CC3=O)c(OC)c1. The minimum Gasteiger partial charge on any atom is -0.507 e. The van der Waals surface area contributed by atoms with Crippen molar-refractivity contribution in [3.63, 3.8) is 0 Å². The van der Waals surface area contributed by atoms with Gasteiger partial charge in [0.1, 0.15) is 17.2 Å². The number of hydrogen-bond acceptors (Lipinski definition) is 7. The van der Waals surface area contributed by atoms with Crippen molar-refractivity contribution in [3.05, 3.63) is 88.0 Å². The van der Waals surface area contributed by atoms with Gasteiger partial charge in [0.05, 0.1) is 32.6 Å². The van der Waals surface area contributed by atoms with Crippen LogP contribution >= 0.6 is 0 Å². The molecule has 1 saturated heterocycles. The minimum atomic E-state index is -0.818. The molecule has 0 unspecified atom stereocenters. The van der Waals surface area contributed by atoms with Gasteiger partial charge >= 0.3 is 0 Å². The molecule has 8 heteroatoms. The van der Waals surface area contributed by atoms with Crippen molar-refractivity contribution in [1.29, 1.82) is 0 Å². The lowest BCUT2D eigenvalue weighted by atomic mass is 9.59. The van der Waals surface area contributed by atoms with Crippen molar-refractivity contribution in [3.8, 4) is 17.2 Å². The first-order chi connectivity index (χ1) is 19.2. The summed E-state index contributed by atoms with van der Waals surface area (Å²) in [6.45, 7) is 1.78. The molecule has 0 radical (unpaired) electrons. The van der Waals surface area contributed by atoms with Crippen LogP contribution < -0.4 is 9.47 Å². The zero-order valence-electron chi connectivity index (χ0n) is 22.5. The number of ketones is 2. The molecule has 2 aromatic carbocycles. The van der Waals surface area contributed by atoms with Gasteiger partial charge in [-0.3, -0.25) is 24.1 Å². The normalized spacial score (nSPS) is 25.7. The first-order valence-electron chi connectivity index (χ1n) is 13.3. The maximum Gasteiger partial charge on any atom is 0.234 e. The third-order valence-electron chi connectivity index (χ3n) is 8.68. The summed E-state index contributed by atoms with van der Waals surface area (Å²) in [6, 6.07) is 12.4. The lowest BCUT2D eigenvalue weighted by Crippen LogP contribution is -2.39. The van der Waals surface area contributed by atoms with Gasteiger partial charge in [-0.25, -0.2) is 0 Å². The fraction of sp³-hybridized carbons (Fsp3) is 0.312. The Kier molecular flexibility index (Phi) is 6.21. The number of amides is 2. The van der Waals surface area contributed by atoms with Gasteiger partial charge in [0.25, 0.3) is 0 Å². The molecule has 204 valence electrons. The van der Waals surface area contributed by atoms with Crippen molar-refractivity contribution in [2.75, 3.05) is 14.2 Å². The standard InChI is InChI=1S/C32H29NO7/c1-16-11-23(34)22-14-21-19(27(28(22)30(16)36)29-24(35)12-18(39-2)13-25(29)40-3)9-10-20-26(21)32(38)33(31(20)37)15-17-7-5-4-6-8-17/h4-9,11-13,20-21,26-27,35H,10,14-15H2,1-3H3/t20-,21+,26-,27-/m0/s1. The van der Waals surface area contributed by atoms with Crippen LogP contribution in [0.2, 0.25) is 0 Å². The maximum absolute atomic E-state index is 13.9. The second-order valence-corrected chi connectivity index (χ2v) is 10.7. The molecule has 0 saturated carbocycles. The molecular formula is C32H29NO7. The summed E-state index contributed by atoms with van der Waals surface area (Å²) in [4.78, 5) is 55.7. The Hall–Kier alpha value is -4.46. The molecule has 2 aromatic rings. The molecule has 4 atom stereocenters. The summed E-state index contributed by atoms with van der Waals surface area (Å²) in [6.07, 6.45) is 3.75. The molecule has 1 aliphatic heterocycles. The van der Waals surface area contributed by atoms with E-state index in [0.717, 1.165) is 11.1 Å². The predicted molar refractivity (Wildman–Crippen MR) is 145 cm³/mol. The zero-order valence-corrected chi connectivity index (χ0v) is 22.5. The number of hydrogen-bond donors (Lipinski definition) is 1. The van der Waals surface area contributed by atoms with Crippen LogP contribution in [-0.2, 0) is 25.7 Å². The van der Waals surface area contributed by atoms with Gasteiger partial charge in [0.15, 0.2) is 11.6 Å². The summed E-state index contributed by atoms with van der Waals surface area (Å²) in [5, 5.41) is 11.2. The molecule has 1 fully saturated rings. The molecule has 3 aliphatic carbocycles. The summed E-state index contributed by atoms with van der Waals surface area (Å²) in [5.41, 5.74) is 2.86. The third-order valence-corrected chi connectivity index (χ3v) is 8.68. The Morgan fingerprint density at radius 2 is 1.73 bits per heavy atom. The van der Waals surface area contributed by atoms with Gasteiger partial charge < -0.3 is 14.6 Å². The number of carbonyl (C=O) groups excluding carboxylic acids is 4. The fourth-order valence-corrected chi connectivity index (χ4v) is 6.84. The summed E-state index contributed by atoms with van der Waals surface area (Å²) >= 11 is 0. The van der Waals surface area contributed by atoms with Crippen molar-refractivity contribution in [2.24, 2.45) is 17.8 Å². The van der Waals surface area contributed by atoms with E-state index in [0.29, 0.717) is 40.2 Å². The van der Waals surface area contributed by atoms with E-state index in [1.165, 1.54) is 31.3 Å². The Morgan fingerprint density at radius 3 is 2.42 bits per heavy atom. The van der Waals surface area contributed by atoms with Crippen LogP contribution in [0.4, 0.5) is 0 Å². The van der Waals surface area contributed by atoms with E-state index in [1.807, 2.05) is 36.4 Å². The van der Waals surface area contributed by atoms with E-state index >= 15 is 0 Å². The molecule has 1 heterocycles. The van der Waals surface area contributed by atoms with Crippen molar-refractivity contribution >= 4 is 23.4 Å². The van der Waals surface area contributed by atoms with Gasteiger partial charge in [-0.05, 0) is 37.3 Å². The second-order valence-electron chi connectivity index (χ2n) is 10.7. The van der Waals surface area contributed by atoms with Crippen LogP contribution in [0.1, 0.15) is 36.8 Å². The van der Waals surface area contributed by atoms with Crippen molar-refractivity contribution in [2.45, 2.75) is 32.2 Å². The molecule has 4 aliphatic rings. The van der Waals surface area contributed by atoms with Gasteiger partial charge in [0, 0.05) is 40.3 Å². The number of ether oxygens (including phenoxy) is 2. The van der Waals surface area contributed by atoms with E-state index in [-0.39, 0.29) is 42.1 Å². The first-order valence-corrected chi connectivity index (χ1v) is 13.3. The number of benzene rings is 2. The van der Waals surface area contributed by atoms with Crippen LogP contribution in [0.3, 0.4) is 0 Å². The molecule has 2 amide bonds. The minimum absolute atomic E-state index is 0.149. The number of fused-ring (bicyclic) bond motifs is 3. The third kappa shape index (κ3) is 3.81. The van der Waals surface area contributed by atoms with Gasteiger partial charge in [-0.2, -0.15) is 0 Å². The van der Waals surface area contributed by atoms with Crippen LogP contribution in [-0.4, -0.2) is 47.6 Å². The Morgan fingerprint density at radius 1 is 0.975 bits per heavy atom. The number of Topliss-reactive ketones (excluding diaryl/α,β-unsaturated/α-hetero) is 1. The zero-order chi connectivity index (χ0) is 28.3. The molecule has 0 bridgehead atoms. The average Bonchev–Trinajstić information content (AvgIpc) is 3.20. The fourth-order valence-electron chi connectivity index (χ4n) is 6.84. The molecule has 0 aromatic heterocycles. The number of likely N-dealkylation sites (tertiary alicyclic amines) is 1. The van der Waals surface area contributed by atoms with E-state index in [4.69, 9.17) is 9.47 Å². The van der Waals surface area contributed by atoms with Gasteiger partial charge in [-0.1, -0.05) is 42.0 Å². The maximum atomic E-state index is 13.9. The quantitative estimate of drug-likeness (QED) is 0.347. The van der Waals surface area contributed by atoms with Crippen LogP contribution in [0.5, 0.6) is 17.2 Å². The Balaban J connectivity index is 1.49. The molecular weight excluding hydrogens is 510 g/mol. The van der Waals surface area contributed by atoms with Crippen LogP contribution in [0.25, 0.3) is 0 Å². The van der Waals surface area contributed by atoms with Crippen LogP contribution in [0.15, 0.2) is 76.9 Å². The summed E-state index contributed by atoms with van der Waals surface area (Å²) in [7, 11) is 2.93. The van der Waals surface area contributed by atoms with E-state index in [9.17, 15) is 24.3 Å². The number of imide groups is 1. The summed E-state index contributed by atoms with van der Waals surface area (Å²) in [5.74, 6) is -3.08. The smallest absolute Gasteiger partial charge is 0.234 e. The van der Waals surface area contributed by atoms with Crippen LogP contribution in [0, 0.1) is 17.8 Å². The number of aromatic hydroxyl groups is 1. The molecule has 6 rings (SSSR count). The number of phenols is 1. The number of allylic oxidation sites excluding steroid dienone is 6. The highest BCUT2D eigenvalue weighted by molar-refractivity contribution is 6.24. The molecule has 8 nitrogen and oxygen atoms in total. The average molecular weight is 540 g/mol. The van der Waals surface area contributed by atoms with Gasteiger partial charge in [-0.15, -0.1) is 0 Å². The molecule has 1 N–H and O–H groups in total. The van der Waals surface area contributed by atoms with E-state index in [1.54, 1.807) is 13.0 Å². The van der Waals surface area contributed by atoms with E-state index in [2.05, 4.69) is 0 Å². The monoisotopic (exact) mass is 539 g/mol. The summed E-state index contributed by atoms with van der Waals surface area (Å²) < 4.78 is 11.0. The highest BCUT2D eigenvalue weighted by Crippen LogP contribution is 2.57. The topological polar surface area (TPSA) is 110 Å². The van der Waals surface area contributed by atoms with Gasteiger partial charge in [0.2, 0.25) is 11.8 Å². The lowest BCUT2D eigenvalue weighted by Gasteiger charge is -2.42. The predicted octanol–water partition coefficient (Wildman–Crippen LogP) is 4.04. The van der Waals surface area contributed by atoms with Crippen molar-refractivity contribution in [1.82, 2.24) is 4.90 Å². The Labute approximate surface area is 231 Å². The molecule has 40 heavy (non-hydrogen) atoms. The lowest BCUT2D eigenvalue weighted by molar-refractivity contribution is -0.140. The number of methoxy groups -OCH3 is 2. The Bertz CT molecular complexity index is 1560. The molecule has 0 spiro atoms. The number of phenolic OH excluding ortho intramolecular Hbond substituents is 1. The van der Waals surface area contributed by atoms with Crippen molar-refractivity contribution < 1.29 is 33.8 Å². The largest absolute Gasteiger partial charge is 0.507 e. The van der Waals surface area contributed by atoms with E-state index < -0.39 is 23.7 Å². The second kappa shape index (κ2) is 9.62. The highest BCUT2D eigenvalue weighted by atomic mass is 16.5. The number of nitrogens with zero attached hydrogens (tertiary/aromatic N) is 1. The number of rotatable bonds is 5. The highest BCUT2D eigenvalue weighted by Gasteiger charge is 2.56. The first kappa shape index (κ1) is 25.8.